The number of phenolic OH excluding ortho intramolecular Hbond substituents is 3. The molecular formula is C15H12O5. The second kappa shape index (κ2) is 4.45. The van der Waals surface area contributed by atoms with Gasteiger partial charge in [0.05, 0.1) is 6.42 Å². The topological polar surface area (TPSA) is 87.0 Å². The van der Waals surface area contributed by atoms with Gasteiger partial charge in [-0.25, -0.2) is 0 Å². The zero-order valence-electron chi connectivity index (χ0n) is 10.4. The van der Waals surface area contributed by atoms with Gasteiger partial charge in [-0.3, -0.25) is 4.79 Å². The lowest BCUT2D eigenvalue weighted by Gasteiger charge is -2.25. The minimum Gasteiger partial charge on any atom is -0.508 e. The number of benzene rings is 2. The number of rotatable bonds is 1. The molecule has 0 saturated heterocycles. The van der Waals surface area contributed by atoms with E-state index in [4.69, 9.17) is 4.74 Å². The summed E-state index contributed by atoms with van der Waals surface area (Å²) in [7, 11) is 0. The highest BCUT2D eigenvalue weighted by Crippen LogP contribution is 2.41. The average molecular weight is 272 g/mol. The van der Waals surface area contributed by atoms with Crippen LogP contribution < -0.4 is 4.74 Å². The van der Waals surface area contributed by atoms with Gasteiger partial charge in [0.1, 0.15) is 11.5 Å². The van der Waals surface area contributed by atoms with Crippen LogP contribution in [0.15, 0.2) is 36.4 Å². The van der Waals surface area contributed by atoms with Gasteiger partial charge in [0.2, 0.25) is 0 Å². The van der Waals surface area contributed by atoms with Crippen molar-refractivity contribution in [2.45, 2.75) is 12.3 Å². The van der Waals surface area contributed by atoms with E-state index in [-0.39, 0.29) is 29.6 Å². The highest BCUT2D eigenvalue weighted by atomic mass is 16.5. The molecule has 2 aromatic carbocycles. The van der Waals surface area contributed by atoms with E-state index in [9.17, 15) is 20.1 Å². The largest absolute Gasteiger partial charge is 0.508 e. The Morgan fingerprint density at radius 1 is 1.00 bits per heavy atom. The van der Waals surface area contributed by atoms with Crippen LogP contribution in [-0.4, -0.2) is 21.3 Å². The molecule has 1 atom stereocenters. The minimum atomic E-state index is -0.402. The Labute approximate surface area is 114 Å². The number of phenols is 3. The standard InChI is InChI=1S/C15H12O5/c16-9-2-3-10-11(7-15(19)20-14(10)6-9)8-1-4-12(17)13(18)5-8/h1-6,11,16-18H,7H2/t11-/m1/s1. The quantitative estimate of drug-likeness (QED) is 0.421. The van der Waals surface area contributed by atoms with Gasteiger partial charge < -0.3 is 20.1 Å². The molecular weight excluding hydrogens is 260 g/mol. The number of carbonyl (C=O) groups is 1. The van der Waals surface area contributed by atoms with Gasteiger partial charge in [-0.05, 0) is 23.8 Å². The molecule has 0 aromatic heterocycles. The third kappa shape index (κ3) is 2.03. The van der Waals surface area contributed by atoms with Gasteiger partial charge in [0.15, 0.2) is 11.5 Å². The van der Waals surface area contributed by atoms with Crippen molar-refractivity contribution in [1.29, 1.82) is 0 Å². The van der Waals surface area contributed by atoms with E-state index >= 15 is 0 Å². The molecule has 3 N–H and O–H groups in total. The summed E-state index contributed by atoms with van der Waals surface area (Å²) in [6.07, 6.45) is 0.141. The van der Waals surface area contributed by atoms with E-state index in [0.29, 0.717) is 11.3 Å². The van der Waals surface area contributed by atoms with Crippen LogP contribution in [0.1, 0.15) is 23.5 Å². The lowest BCUT2D eigenvalue weighted by atomic mass is 9.86. The Bertz CT molecular complexity index is 693. The van der Waals surface area contributed by atoms with Crippen molar-refractivity contribution in [2.75, 3.05) is 0 Å². The lowest BCUT2D eigenvalue weighted by molar-refractivity contribution is -0.135. The number of aromatic hydroxyl groups is 3. The van der Waals surface area contributed by atoms with Crippen LogP contribution in [-0.2, 0) is 4.79 Å². The molecule has 0 aliphatic carbocycles. The average Bonchev–Trinajstić information content (AvgIpc) is 2.40. The van der Waals surface area contributed by atoms with E-state index in [1.807, 2.05) is 0 Å². The monoisotopic (exact) mass is 272 g/mol. The molecule has 1 aliphatic heterocycles. The first kappa shape index (κ1) is 12.3. The van der Waals surface area contributed by atoms with Crippen molar-refractivity contribution in [3.63, 3.8) is 0 Å². The molecule has 0 fully saturated rings. The Morgan fingerprint density at radius 3 is 2.55 bits per heavy atom. The first-order valence-electron chi connectivity index (χ1n) is 6.10. The summed E-state index contributed by atoms with van der Waals surface area (Å²) in [5.41, 5.74) is 1.45. The first-order chi connectivity index (χ1) is 9.54. The van der Waals surface area contributed by atoms with Crippen molar-refractivity contribution in [3.05, 3.63) is 47.5 Å². The van der Waals surface area contributed by atoms with E-state index in [2.05, 4.69) is 0 Å². The molecule has 0 spiro atoms. The van der Waals surface area contributed by atoms with Crippen molar-refractivity contribution < 1.29 is 24.9 Å². The number of esters is 1. The molecule has 5 nitrogen and oxygen atoms in total. The molecule has 0 radical (unpaired) electrons. The van der Waals surface area contributed by atoms with E-state index in [0.717, 1.165) is 5.56 Å². The Morgan fingerprint density at radius 2 is 1.80 bits per heavy atom. The second-order valence-corrected chi connectivity index (χ2v) is 4.70. The van der Waals surface area contributed by atoms with Crippen LogP contribution in [0.4, 0.5) is 0 Å². The summed E-state index contributed by atoms with van der Waals surface area (Å²) in [4.78, 5) is 11.7. The maximum atomic E-state index is 11.7. The van der Waals surface area contributed by atoms with Crippen LogP contribution in [0.2, 0.25) is 0 Å². The zero-order valence-corrected chi connectivity index (χ0v) is 10.4. The van der Waals surface area contributed by atoms with Gasteiger partial charge in [0, 0.05) is 17.5 Å². The number of carbonyl (C=O) groups excluding carboxylic acids is 1. The van der Waals surface area contributed by atoms with Gasteiger partial charge in [-0.1, -0.05) is 12.1 Å². The van der Waals surface area contributed by atoms with Crippen molar-refractivity contribution in [2.24, 2.45) is 0 Å². The summed E-state index contributed by atoms with van der Waals surface area (Å²) < 4.78 is 5.11. The SMILES string of the molecule is O=C1C[C@H](c2ccc(O)c(O)c2)c2ccc(O)cc2O1. The number of fused-ring (bicyclic) bond motifs is 1. The van der Waals surface area contributed by atoms with Crippen molar-refractivity contribution >= 4 is 5.97 Å². The minimum absolute atomic E-state index is 0.0192. The number of ether oxygens (including phenoxy) is 1. The second-order valence-electron chi connectivity index (χ2n) is 4.70. The predicted molar refractivity (Wildman–Crippen MR) is 70.0 cm³/mol. The Hall–Kier alpha value is -2.69. The molecule has 5 heteroatoms. The maximum absolute atomic E-state index is 11.7. The fraction of sp³-hybridized carbons (Fsp3) is 0.133. The molecule has 0 amide bonds. The zero-order chi connectivity index (χ0) is 14.3. The molecule has 20 heavy (non-hydrogen) atoms. The summed E-state index contributed by atoms with van der Waals surface area (Å²) in [6.45, 7) is 0. The Kier molecular flexibility index (Phi) is 2.75. The third-order valence-electron chi connectivity index (χ3n) is 3.37. The summed E-state index contributed by atoms with van der Waals surface area (Å²) in [5, 5.41) is 28.4. The van der Waals surface area contributed by atoms with Crippen LogP contribution >= 0.6 is 0 Å². The normalized spacial score (nSPS) is 17.4. The van der Waals surface area contributed by atoms with Crippen LogP contribution in [0.3, 0.4) is 0 Å². The fourth-order valence-electron chi connectivity index (χ4n) is 2.39. The molecule has 3 rings (SSSR count). The first-order valence-corrected chi connectivity index (χ1v) is 6.10. The van der Waals surface area contributed by atoms with E-state index < -0.39 is 5.97 Å². The number of hydrogen-bond acceptors (Lipinski definition) is 5. The van der Waals surface area contributed by atoms with Gasteiger partial charge in [-0.15, -0.1) is 0 Å². The highest BCUT2D eigenvalue weighted by Gasteiger charge is 2.29. The molecule has 102 valence electrons. The smallest absolute Gasteiger partial charge is 0.312 e. The molecule has 0 saturated carbocycles. The summed E-state index contributed by atoms with van der Waals surface area (Å²) >= 11 is 0. The predicted octanol–water partition coefficient (Wildman–Crippen LogP) is 2.24. The van der Waals surface area contributed by atoms with Crippen molar-refractivity contribution in [1.82, 2.24) is 0 Å². The van der Waals surface area contributed by atoms with Crippen LogP contribution in [0, 0.1) is 0 Å². The van der Waals surface area contributed by atoms with Gasteiger partial charge in [0.25, 0.3) is 0 Å². The molecule has 0 bridgehead atoms. The maximum Gasteiger partial charge on any atom is 0.312 e. The Balaban J connectivity index is 2.10. The summed E-state index contributed by atoms with van der Waals surface area (Å²) in [6, 6.07) is 9.05. The van der Waals surface area contributed by atoms with Gasteiger partial charge in [-0.2, -0.15) is 0 Å². The van der Waals surface area contributed by atoms with Crippen molar-refractivity contribution in [3.8, 4) is 23.0 Å². The van der Waals surface area contributed by atoms with E-state index in [1.165, 1.54) is 24.3 Å². The number of hydrogen-bond donors (Lipinski definition) is 3. The summed E-state index contributed by atoms with van der Waals surface area (Å²) in [5.74, 6) is -0.789. The molecule has 2 aromatic rings. The molecule has 0 unspecified atom stereocenters. The van der Waals surface area contributed by atoms with E-state index in [1.54, 1.807) is 12.1 Å². The highest BCUT2D eigenvalue weighted by molar-refractivity contribution is 5.78. The fourth-order valence-corrected chi connectivity index (χ4v) is 2.39. The van der Waals surface area contributed by atoms with Crippen LogP contribution in [0.25, 0.3) is 0 Å². The third-order valence-corrected chi connectivity index (χ3v) is 3.37. The molecule has 1 aliphatic rings. The lowest BCUT2D eigenvalue weighted by Crippen LogP contribution is -2.20. The van der Waals surface area contributed by atoms with Gasteiger partial charge >= 0.3 is 5.97 Å². The van der Waals surface area contributed by atoms with Crippen LogP contribution in [0.5, 0.6) is 23.0 Å². The molecule has 1 heterocycles.